The second kappa shape index (κ2) is 20.4. The summed E-state index contributed by atoms with van der Waals surface area (Å²) in [5.41, 5.74) is 0. The molecule has 4 heteroatoms. The number of unbranched alkanes of at least 4 members (excludes halogenated alkanes) is 3. The van der Waals surface area contributed by atoms with E-state index in [1.807, 2.05) is 0 Å². The van der Waals surface area contributed by atoms with E-state index in [0.29, 0.717) is 0 Å². The normalized spacial score (nSPS) is 22.2. The van der Waals surface area contributed by atoms with Crippen LogP contribution in [0.15, 0.2) is 0 Å². The molecule has 0 aromatic rings. The van der Waals surface area contributed by atoms with Crippen LogP contribution in [0.25, 0.3) is 0 Å². The minimum atomic E-state index is 0. The average molecular weight is 535 g/mol. The first kappa shape index (κ1) is 29.4. The summed E-state index contributed by atoms with van der Waals surface area (Å²) in [5.74, 6) is 1.61. The fraction of sp³-hybridized carbons (Fsp3) is 0.769. The van der Waals surface area contributed by atoms with E-state index in [9.17, 15) is 0 Å². The summed E-state index contributed by atoms with van der Waals surface area (Å²) in [4.78, 5) is 0. The zero-order valence-corrected chi connectivity index (χ0v) is 22.5. The molecule has 0 aromatic carbocycles. The molecule has 0 N–H and O–H groups in total. The maximum absolute atomic E-state index is 4.25. The van der Waals surface area contributed by atoms with Crippen molar-refractivity contribution < 1.29 is 131 Å². The van der Waals surface area contributed by atoms with Crippen LogP contribution in [0.1, 0.15) is 51.4 Å². The van der Waals surface area contributed by atoms with Gasteiger partial charge in [-0.1, -0.05) is 31.6 Å². The van der Waals surface area contributed by atoms with Crippen molar-refractivity contribution in [1.29, 1.82) is 0 Å². The van der Waals surface area contributed by atoms with Gasteiger partial charge in [-0.2, -0.15) is 25.2 Å². The van der Waals surface area contributed by atoms with E-state index in [2.05, 4.69) is 20.3 Å². The minimum Gasteiger partial charge on any atom is -0.343 e. The largest absolute Gasteiger partial charge is 3.00 e. The number of hydrogen-bond donors (Lipinski definition) is 0. The zero-order chi connectivity index (χ0) is 9.52. The van der Waals surface area contributed by atoms with Gasteiger partial charge in [0.25, 0.3) is 0 Å². The van der Waals surface area contributed by atoms with Gasteiger partial charge in [-0.3, -0.25) is 0 Å². The molecule has 1 rings (SSSR count). The van der Waals surface area contributed by atoms with Crippen LogP contribution in [-0.2, 0) is 131 Å². The molecule has 0 heterocycles. The van der Waals surface area contributed by atoms with Crippen LogP contribution >= 0.6 is 0 Å². The molecule has 1 aliphatic rings. The number of hydrogen-bond acceptors (Lipinski definition) is 0. The third kappa shape index (κ3) is 15.1. The van der Waals surface area contributed by atoms with Crippen LogP contribution in [0.2, 0.25) is 0 Å². The van der Waals surface area contributed by atoms with Crippen molar-refractivity contribution in [2.75, 3.05) is 0 Å². The van der Waals surface area contributed by atoms with Crippen molar-refractivity contribution in [2.24, 2.45) is 11.8 Å². The van der Waals surface area contributed by atoms with Gasteiger partial charge in [-0.05, 0) is 0 Å². The smallest absolute Gasteiger partial charge is 0.343 e. The van der Waals surface area contributed by atoms with Gasteiger partial charge in [0, 0.05) is 98.1 Å². The van der Waals surface area contributed by atoms with Gasteiger partial charge in [-0.15, -0.1) is 6.42 Å². The molecule has 87 valence electrons. The van der Waals surface area contributed by atoms with Crippen LogP contribution in [0, 0.1) is 32.1 Å². The van der Waals surface area contributed by atoms with E-state index < -0.39 is 0 Å². The molecule has 0 saturated heterocycles. The summed E-state index contributed by atoms with van der Waals surface area (Å²) >= 11 is 0. The van der Waals surface area contributed by atoms with E-state index in [1.54, 1.807) is 0 Å². The van der Waals surface area contributed by atoms with Crippen LogP contribution in [-0.4, -0.2) is 0 Å². The Bertz CT molecular complexity index is 131. The first-order chi connectivity index (χ1) is 6.34. The summed E-state index contributed by atoms with van der Waals surface area (Å²) in [5, 5.41) is 0. The Labute approximate surface area is 210 Å². The Morgan fingerprint density at radius 1 is 1.06 bits per heavy atom. The fourth-order valence-corrected chi connectivity index (χ4v) is 2.22. The first-order valence-corrected chi connectivity index (χ1v) is 5.78. The van der Waals surface area contributed by atoms with Crippen molar-refractivity contribution in [3.8, 4) is 0 Å². The van der Waals surface area contributed by atoms with Crippen molar-refractivity contribution in [3.63, 3.8) is 0 Å². The molecule has 2 atom stereocenters. The van der Waals surface area contributed by atoms with Gasteiger partial charge in [0.15, 0.2) is 0 Å². The Morgan fingerprint density at radius 2 is 1.65 bits per heavy atom. The molecular weight excluding hydrogens is 512 g/mol. The monoisotopic (exact) mass is 535 g/mol. The van der Waals surface area contributed by atoms with Gasteiger partial charge in [0.05, 0.1) is 0 Å². The van der Waals surface area contributed by atoms with E-state index in [4.69, 9.17) is 0 Å². The van der Waals surface area contributed by atoms with Crippen LogP contribution in [0.5, 0.6) is 0 Å². The summed E-state index contributed by atoms with van der Waals surface area (Å²) in [6, 6.07) is 0. The summed E-state index contributed by atoms with van der Waals surface area (Å²) in [7, 11) is 0. The average Bonchev–Trinajstić information content (AvgIpc) is 2.15. The quantitative estimate of drug-likeness (QED) is 0.366. The first-order valence-electron chi connectivity index (χ1n) is 5.78. The predicted octanol–water partition coefficient (Wildman–Crippen LogP) is 4.22. The maximum atomic E-state index is 4.25. The molecular formula is C13H23Y4. The molecule has 0 spiro atoms. The molecule has 0 nitrogen and oxygen atoms in total. The Kier molecular flexibility index (Phi) is 35.3. The SMILES string of the molecule is [CH2-]CCC[CH-]CC1CCCCC1[CH2-].[Y+3].[Y].[Y].[Y]. The van der Waals surface area contributed by atoms with Crippen LogP contribution in [0.4, 0.5) is 0 Å². The third-order valence-corrected chi connectivity index (χ3v) is 3.19. The maximum Gasteiger partial charge on any atom is 3.00 e. The molecule has 0 amide bonds. The van der Waals surface area contributed by atoms with E-state index in [1.165, 1.54) is 44.9 Å². The van der Waals surface area contributed by atoms with E-state index >= 15 is 0 Å². The van der Waals surface area contributed by atoms with Crippen molar-refractivity contribution in [2.45, 2.75) is 51.4 Å². The summed E-state index contributed by atoms with van der Waals surface area (Å²) in [6.45, 7) is 8.10. The Morgan fingerprint density at radius 3 is 2.18 bits per heavy atom. The Hall–Kier alpha value is 4.42. The van der Waals surface area contributed by atoms with Crippen molar-refractivity contribution in [3.05, 3.63) is 20.3 Å². The van der Waals surface area contributed by atoms with E-state index in [0.717, 1.165) is 18.3 Å². The van der Waals surface area contributed by atoms with Crippen molar-refractivity contribution >= 4 is 0 Å². The van der Waals surface area contributed by atoms with Crippen molar-refractivity contribution in [1.82, 2.24) is 0 Å². The topological polar surface area (TPSA) is 0 Å². The van der Waals surface area contributed by atoms with Crippen LogP contribution in [0.3, 0.4) is 0 Å². The summed E-state index contributed by atoms with van der Waals surface area (Å²) < 4.78 is 0. The zero-order valence-electron chi connectivity index (χ0n) is 11.1. The Balaban J connectivity index is -0.000000211. The second-order valence-electron chi connectivity index (χ2n) is 4.32. The summed E-state index contributed by atoms with van der Waals surface area (Å²) in [6.07, 6.45) is 13.0. The molecule has 0 aliphatic heterocycles. The molecule has 0 aromatic heterocycles. The standard InChI is InChI=1S/C13H23.4Y/c1-3-4-5-6-10-13-11-8-7-9-12(13)2;;;;/h6,12-13H,1-5,7-11H2;;;;/q-3;;;;+3. The fourth-order valence-electron chi connectivity index (χ4n) is 2.22. The molecule has 0 bridgehead atoms. The molecule has 1 fully saturated rings. The van der Waals surface area contributed by atoms with E-state index in [-0.39, 0.29) is 131 Å². The third-order valence-electron chi connectivity index (χ3n) is 3.19. The predicted molar refractivity (Wildman–Crippen MR) is 58.9 cm³/mol. The molecule has 1 aliphatic carbocycles. The molecule has 17 heavy (non-hydrogen) atoms. The van der Waals surface area contributed by atoms with Gasteiger partial charge in [-0.25, -0.2) is 0 Å². The van der Waals surface area contributed by atoms with Gasteiger partial charge < -0.3 is 20.3 Å². The van der Waals surface area contributed by atoms with Gasteiger partial charge >= 0.3 is 32.7 Å². The van der Waals surface area contributed by atoms with Gasteiger partial charge in [0.2, 0.25) is 0 Å². The van der Waals surface area contributed by atoms with Crippen LogP contribution < -0.4 is 0 Å². The second-order valence-corrected chi connectivity index (χ2v) is 4.32. The molecule has 3 radical (unpaired) electrons. The number of rotatable bonds is 5. The molecule has 2 unspecified atom stereocenters. The molecule has 1 saturated carbocycles. The van der Waals surface area contributed by atoms with Gasteiger partial charge in [0.1, 0.15) is 0 Å². The minimum absolute atomic E-state index is 0.